The number of hydrogen-bond donors (Lipinski definition) is 0. The van der Waals surface area contributed by atoms with Crippen molar-refractivity contribution >= 4 is 12.2 Å². The summed E-state index contributed by atoms with van der Waals surface area (Å²) in [7, 11) is 1.76. The quantitative estimate of drug-likeness (QED) is 0.295. The predicted molar refractivity (Wildman–Crippen MR) is 136 cm³/mol. The monoisotopic (exact) mass is 469 g/mol. The summed E-state index contributed by atoms with van der Waals surface area (Å²) in [6.07, 6.45) is 3.13. The molecule has 0 saturated heterocycles. The van der Waals surface area contributed by atoms with Crippen molar-refractivity contribution in [2.24, 2.45) is 0 Å². The van der Waals surface area contributed by atoms with Gasteiger partial charge in [0, 0.05) is 49.1 Å². The molecule has 0 spiro atoms. The molecule has 35 heavy (non-hydrogen) atoms. The van der Waals surface area contributed by atoms with Crippen molar-refractivity contribution in [3.05, 3.63) is 102 Å². The number of nitrogens with zero attached hydrogens (tertiary/aromatic N) is 3. The number of aromatic nitrogens is 2. The number of pyridine rings is 1. The first-order valence-corrected chi connectivity index (χ1v) is 11.6. The molecule has 0 fully saturated rings. The van der Waals surface area contributed by atoms with Gasteiger partial charge in [-0.3, -0.25) is 14.6 Å². The van der Waals surface area contributed by atoms with Gasteiger partial charge in [0.1, 0.15) is 11.5 Å². The average Bonchev–Trinajstić information content (AvgIpc) is 3.24. The summed E-state index contributed by atoms with van der Waals surface area (Å²) in [6.45, 7) is 4.36. The summed E-state index contributed by atoms with van der Waals surface area (Å²) >= 11 is 0. The zero-order valence-electron chi connectivity index (χ0n) is 20.1. The highest BCUT2D eigenvalue weighted by molar-refractivity contribution is 6.08. The van der Waals surface area contributed by atoms with Crippen LogP contribution in [0.5, 0.6) is 0 Å². The summed E-state index contributed by atoms with van der Waals surface area (Å²) in [5.74, 6) is -0.554. The number of carbonyl (C=O) groups is 2. The van der Waals surface area contributed by atoms with Gasteiger partial charge in [-0.15, -0.1) is 0 Å². The van der Waals surface area contributed by atoms with Crippen LogP contribution in [0.2, 0.25) is 0 Å². The largest absolute Gasteiger partial charge is 0.340 e. The molecule has 0 aliphatic carbocycles. The number of halogens is 1. The standard InChI is InChI=1S/C29H28FN3O2/c1-20(2)33-25(19-34)26(22-12-14-23(30)15-13-22)27(21-9-5-4-6-10-21)28(33)29(35)32(3)18-16-24-11-7-8-17-31-24/h4-15,17,19-20H,16,18H2,1-3H3. The summed E-state index contributed by atoms with van der Waals surface area (Å²) in [6, 6.07) is 21.1. The molecule has 0 aliphatic heterocycles. The van der Waals surface area contributed by atoms with Crippen molar-refractivity contribution in [3.63, 3.8) is 0 Å². The Kier molecular flexibility index (Phi) is 7.20. The molecule has 1 amide bonds. The fraction of sp³-hybridized carbons (Fsp3) is 0.207. The van der Waals surface area contributed by atoms with Crippen LogP contribution in [-0.2, 0) is 6.42 Å². The normalized spacial score (nSPS) is 11.0. The molecule has 0 radical (unpaired) electrons. The highest BCUT2D eigenvalue weighted by atomic mass is 19.1. The van der Waals surface area contributed by atoms with Crippen LogP contribution in [0.25, 0.3) is 22.3 Å². The SMILES string of the molecule is CC(C)n1c(C=O)c(-c2ccc(F)cc2)c(-c2ccccc2)c1C(=O)N(C)CCc1ccccn1. The summed E-state index contributed by atoms with van der Waals surface area (Å²) in [4.78, 5) is 32.4. The van der Waals surface area contributed by atoms with E-state index in [0.29, 0.717) is 41.0 Å². The fourth-order valence-electron chi connectivity index (χ4n) is 4.38. The molecule has 4 rings (SSSR count). The smallest absolute Gasteiger partial charge is 0.270 e. The lowest BCUT2D eigenvalue weighted by molar-refractivity contribution is 0.0784. The maximum atomic E-state index is 14.0. The molecule has 0 saturated carbocycles. The van der Waals surface area contributed by atoms with Crippen LogP contribution < -0.4 is 0 Å². The molecule has 4 aromatic rings. The predicted octanol–water partition coefficient (Wildman–Crippen LogP) is 6.06. The van der Waals surface area contributed by atoms with Crippen molar-refractivity contribution in [2.75, 3.05) is 13.6 Å². The molecule has 0 bridgehead atoms. The number of benzene rings is 2. The van der Waals surface area contributed by atoms with E-state index < -0.39 is 0 Å². The van der Waals surface area contributed by atoms with Gasteiger partial charge in [0.15, 0.2) is 6.29 Å². The fourth-order valence-corrected chi connectivity index (χ4v) is 4.38. The third-order valence-electron chi connectivity index (χ3n) is 6.05. The molecule has 2 aromatic heterocycles. The Morgan fingerprint density at radius 1 is 0.971 bits per heavy atom. The van der Waals surface area contributed by atoms with Gasteiger partial charge in [0.2, 0.25) is 0 Å². The Hall–Kier alpha value is -4.06. The maximum absolute atomic E-state index is 14.0. The second kappa shape index (κ2) is 10.5. The van der Waals surface area contributed by atoms with E-state index in [1.807, 2.05) is 62.4 Å². The summed E-state index contributed by atoms with van der Waals surface area (Å²) in [5, 5.41) is 0. The second-order valence-corrected chi connectivity index (χ2v) is 8.74. The van der Waals surface area contributed by atoms with Crippen LogP contribution in [0.3, 0.4) is 0 Å². The van der Waals surface area contributed by atoms with Gasteiger partial charge in [-0.05, 0) is 49.2 Å². The van der Waals surface area contributed by atoms with Gasteiger partial charge >= 0.3 is 0 Å². The molecule has 0 unspecified atom stereocenters. The van der Waals surface area contributed by atoms with Crippen molar-refractivity contribution in [1.29, 1.82) is 0 Å². The minimum absolute atomic E-state index is 0.157. The zero-order valence-corrected chi connectivity index (χ0v) is 20.1. The molecule has 0 aliphatic rings. The minimum Gasteiger partial charge on any atom is -0.340 e. The van der Waals surface area contributed by atoms with Crippen molar-refractivity contribution in [1.82, 2.24) is 14.5 Å². The van der Waals surface area contributed by atoms with E-state index in [2.05, 4.69) is 4.98 Å². The first kappa shape index (κ1) is 24.1. The molecule has 2 aromatic carbocycles. The lowest BCUT2D eigenvalue weighted by Crippen LogP contribution is -2.31. The van der Waals surface area contributed by atoms with Crippen LogP contribution in [0.4, 0.5) is 4.39 Å². The first-order valence-electron chi connectivity index (χ1n) is 11.6. The molecule has 6 heteroatoms. The Labute approximate surface area is 204 Å². The minimum atomic E-state index is -0.364. The Balaban J connectivity index is 1.90. The molecular weight excluding hydrogens is 441 g/mol. The van der Waals surface area contributed by atoms with Gasteiger partial charge < -0.3 is 9.47 Å². The van der Waals surface area contributed by atoms with E-state index in [1.165, 1.54) is 12.1 Å². The van der Waals surface area contributed by atoms with Gasteiger partial charge in [-0.2, -0.15) is 0 Å². The van der Waals surface area contributed by atoms with E-state index in [9.17, 15) is 14.0 Å². The van der Waals surface area contributed by atoms with Crippen LogP contribution >= 0.6 is 0 Å². The molecular formula is C29H28FN3O2. The number of amides is 1. The summed E-state index contributed by atoms with van der Waals surface area (Å²) < 4.78 is 15.5. The topological polar surface area (TPSA) is 55.2 Å². The Morgan fingerprint density at radius 3 is 2.23 bits per heavy atom. The average molecular weight is 470 g/mol. The number of carbonyl (C=O) groups excluding carboxylic acids is 2. The Morgan fingerprint density at radius 2 is 1.63 bits per heavy atom. The molecule has 5 nitrogen and oxygen atoms in total. The van der Waals surface area contributed by atoms with Crippen molar-refractivity contribution < 1.29 is 14.0 Å². The Bertz CT molecular complexity index is 1310. The van der Waals surface area contributed by atoms with Crippen LogP contribution in [0.1, 0.15) is 46.6 Å². The third kappa shape index (κ3) is 4.92. The number of hydrogen-bond acceptors (Lipinski definition) is 3. The van der Waals surface area contributed by atoms with Crippen LogP contribution in [-0.4, -0.2) is 40.2 Å². The zero-order chi connectivity index (χ0) is 24.9. The molecule has 2 heterocycles. The first-order chi connectivity index (χ1) is 16.9. The highest BCUT2D eigenvalue weighted by Gasteiger charge is 2.31. The molecule has 178 valence electrons. The van der Waals surface area contributed by atoms with E-state index >= 15 is 0 Å². The van der Waals surface area contributed by atoms with Gasteiger partial charge in [-0.25, -0.2) is 4.39 Å². The third-order valence-corrected chi connectivity index (χ3v) is 6.05. The van der Waals surface area contributed by atoms with Gasteiger partial charge in [0.05, 0.1) is 5.69 Å². The van der Waals surface area contributed by atoms with E-state index in [0.717, 1.165) is 17.5 Å². The summed E-state index contributed by atoms with van der Waals surface area (Å²) in [5.41, 5.74) is 4.52. The van der Waals surface area contributed by atoms with E-state index in [-0.39, 0.29) is 17.8 Å². The number of likely N-dealkylation sites (N-methyl/N-ethyl adjacent to an activating group) is 1. The number of aldehydes is 1. The maximum Gasteiger partial charge on any atom is 0.270 e. The van der Waals surface area contributed by atoms with E-state index in [4.69, 9.17) is 0 Å². The lowest BCUT2D eigenvalue weighted by atomic mass is 9.94. The molecule has 0 atom stereocenters. The second-order valence-electron chi connectivity index (χ2n) is 8.74. The molecule has 0 N–H and O–H groups in total. The lowest BCUT2D eigenvalue weighted by Gasteiger charge is -2.21. The van der Waals surface area contributed by atoms with Crippen LogP contribution in [0.15, 0.2) is 79.0 Å². The van der Waals surface area contributed by atoms with Gasteiger partial charge in [0.25, 0.3) is 5.91 Å². The number of rotatable bonds is 8. The highest BCUT2D eigenvalue weighted by Crippen LogP contribution is 2.41. The van der Waals surface area contributed by atoms with Crippen molar-refractivity contribution in [3.8, 4) is 22.3 Å². The van der Waals surface area contributed by atoms with Gasteiger partial charge in [-0.1, -0.05) is 48.5 Å². The van der Waals surface area contributed by atoms with Crippen LogP contribution in [0, 0.1) is 5.82 Å². The van der Waals surface area contributed by atoms with Crippen molar-refractivity contribution in [2.45, 2.75) is 26.3 Å². The van der Waals surface area contributed by atoms with E-state index in [1.54, 1.807) is 34.8 Å².